The van der Waals surface area contributed by atoms with Crippen LogP contribution in [0.3, 0.4) is 0 Å². The summed E-state index contributed by atoms with van der Waals surface area (Å²) in [5, 5.41) is 3.88. The van der Waals surface area contributed by atoms with E-state index in [0.717, 1.165) is 0 Å². The molecule has 2 aromatic heterocycles. The molecule has 0 aliphatic carbocycles. The summed E-state index contributed by atoms with van der Waals surface area (Å²) in [7, 11) is 0. The van der Waals surface area contributed by atoms with E-state index < -0.39 is 6.43 Å². The van der Waals surface area contributed by atoms with E-state index in [-0.39, 0.29) is 5.69 Å². The Bertz CT molecular complexity index is 436. The highest BCUT2D eigenvalue weighted by atomic mass is 19.3. The van der Waals surface area contributed by atoms with Crippen molar-refractivity contribution in [1.82, 2.24) is 14.6 Å². The Kier molecular flexibility index (Phi) is 1.72. The summed E-state index contributed by atoms with van der Waals surface area (Å²) >= 11 is 0. The molecule has 3 nitrogen and oxygen atoms in total. The smallest absolute Gasteiger partial charge is 0.238 e. The number of hydrogen-bond acceptors (Lipinski definition) is 2. The number of aryl methyl sites for hydroxylation is 1. The molecule has 2 aromatic rings. The molecule has 0 radical (unpaired) electrons. The molecule has 13 heavy (non-hydrogen) atoms. The zero-order valence-corrected chi connectivity index (χ0v) is 6.91. The zero-order valence-electron chi connectivity index (χ0n) is 6.91. The lowest BCUT2D eigenvalue weighted by atomic mass is 10.4. The van der Waals surface area contributed by atoms with Crippen LogP contribution in [0, 0.1) is 6.92 Å². The normalized spacial score (nSPS) is 11.4. The van der Waals surface area contributed by atoms with Crippen LogP contribution < -0.4 is 0 Å². The van der Waals surface area contributed by atoms with E-state index >= 15 is 0 Å². The number of hydrogen-bond donors (Lipinski definition) is 0. The van der Waals surface area contributed by atoms with Crippen molar-refractivity contribution >= 4 is 5.52 Å². The number of rotatable bonds is 1. The van der Waals surface area contributed by atoms with Crippen molar-refractivity contribution in [1.29, 1.82) is 0 Å². The second-order valence-corrected chi connectivity index (χ2v) is 2.70. The van der Waals surface area contributed by atoms with Crippen molar-refractivity contribution < 1.29 is 8.78 Å². The fraction of sp³-hybridized carbons (Fsp3) is 0.250. The van der Waals surface area contributed by atoms with E-state index in [1.165, 1.54) is 16.8 Å². The molecule has 0 bridgehead atoms. The summed E-state index contributed by atoms with van der Waals surface area (Å²) < 4.78 is 26.0. The molecule has 2 rings (SSSR count). The minimum Gasteiger partial charge on any atom is -0.238 e. The predicted octanol–water partition coefficient (Wildman–Crippen LogP) is 1.98. The first-order valence-electron chi connectivity index (χ1n) is 3.78. The van der Waals surface area contributed by atoms with Crippen LogP contribution in [0.4, 0.5) is 8.78 Å². The minimum atomic E-state index is -2.50. The van der Waals surface area contributed by atoms with Crippen LogP contribution in [-0.4, -0.2) is 14.6 Å². The molecule has 5 heteroatoms. The first kappa shape index (κ1) is 8.10. The van der Waals surface area contributed by atoms with Crippen molar-refractivity contribution in [3.05, 3.63) is 29.8 Å². The highest BCUT2D eigenvalue weighted by Gasteiger charge is 2.12. The Morgan fingerprint density at radius 3 is 2.85 bits per heavy atom. The second kappa shape index (κ2) is 2.76. The lowest BCUT2D eigenvalue weighted by Crippen LogP contribution is -2.00. The van der Waals surface area contributed by atoms with Crippen LogP contribution >= 0.6 is 0 Å². The molecular weight excluding hydrogens is 176 g/mol. The van der Waals surface area contributed by atoms with Gasteiger partial charge in [0.15, 0.2) is 0 Å². The third kappa shape index (κ3) is 1.26. The molecule has 0 saturated carbocycles. The van der Waals surface area contributed by atoms with E-state index in [9.17, 15) is 8.78 Å². The van der Waals surface area contributed by atoms with Crippen LogP contribution in [0.5, 0.6) is 0 Å². The first-order valence-corrected chi connectivity index (χ1v) is 3.78. The average molecular weight is 183 g/mol. The van der Waals surface area contributed by atoms with Crippen LogP contribution in [-0.2, 0) is 0 Å². The van der Waals surface area contributed by atoms with Crippen LogP contribution in [0.2, 0.25) is 0 Å². The van der Waals surface area contributed by atoms with E-state index in [1.54, 1.807) is 13.0 Å². The molecular formula is C8H7F2N3. The molecule has 0 atom stereocenters. The van der Waals surface area contributed by atoms with Gasteiger partial charge in [-0.05, 0) is 19.1 Å². The fourth-order valence-electron chi connectivity index (χ4n) is 1.17. The van der Waals surface area contributed by atoms with Gasteiger partial charge < -0.3 is 0 Å². The molecule has 68 valence electrons. The highest BCUT2D eigenvalue weighted by Crippen LogP contribution is 2.20. The fourth-order valence-corrected chi connectivity index (χ4v) is 1.17. The van der Waals surface area contributed by atoms with E-state index in [4.69, 9.17) is 0 Å². The first-order chi connectivity index (χ1) is 6.18. The molecule has 0 saturated heterocycles. The van der Waals surface area contributed by atoms with E-state index in [2.05, 4.69) is 10.1 Å². The molecule has 0 aliphatic rings. The lowest BCUT2D eigenvalue weighted by molar-refractivity contribution is 0.143. The Hall–Kier alpha value is -1.52. The molecule has 2 heterocycles. The topological polar surface area (TPSA) is 30.2 Å². The van der Waals surface area contributed by atoms with Gasteiger partial charge >= 0.3 is 0 Å². The van der Waals surface area contributed by atoms with Crippen molar-refractivity contribution in [3.63, 3.8) is 0 Å². The summed E-state index contributed by atoms with van der Waals surface area (Å²) in [4.78, 5) is 3.90. The summed E-state index contributed by atoms with van der Waals surface area (Å²) in [6.45, 7) is 1.66. The third-order valence-electron chi connectivity index (χ3n) is 1.77. The second-order valence-electron chi connectivity index (χ2n) is 2.70. The van der Waals surface area contributed by atoms with Crippen LogP contribution in [0.1, 0.15) is 17.9 Å². The van der Waals surface area contributed by atoms with Gasteiger partial charge in [0.05, 0.1) is 11.7 Å². The quantitative estimate of drug-likeness (QED) is 0.676. The Morgan fingerprint density at radius 2 is 2.15 bits per heavy atom. The molecule has 0 aliphatic heterocycles. The predicted molar refractivity (Wildman–Crippen MR) is 42.7 cm³/mol. The number of fused-ring (bicyclic) bond motifs is 1. The SMILES string of the molecule is Cc1ncc2ccc(C(F)F)n2n1. The lowest BCUT2D eigenvalue weighted by Gasteiger charge is -2.00. The third-order valence-corrected chi connectivity index (χ3v) is 1.77. The van der Waals surface area contributed by atoms with Gasteiger partial charge in [-0.2, -0.15) is 5.10 Å². The summed E-state index contributed by atoms with van der Waals surface area (Å²) in [6.07, 6.45) is -0.981. The van der Waals surface area contributed by atoms with Crippen molar-refractivity contribution in [2.45, 2.75) is 13.3 Å². The minimum absolute atomic E-state index is 0.0968. The van der Waals surface area contributed by atoms with Gasteiger partial charge in [-0.3, -0.25) is 0 Å². The number of alkyl halides is 2. The maximum atomic E-state index is 12.4. The highest BCUT2D eigenvalue weighted by molar-refractivity contribution is 5.46. The van der Waals surface area contributed by atoms with Gasteiger partial charge in [0.2, 0.25) is 0 Å². The Labute approximate surface area is 73.0 Å². The standard InChI is InChI=1S/C8H7F2N3/c1-5-11-4-6-2-3-7(8(9)10)13(6)12-5/h2-4,8H,1H3. The van der Waals surface area contributed by atoms with Crippen LogP contribution in [0.15, 0.2) is 18.3 Å². The van der Waals surface area contributed by atoms with Gasteiger partial charge in [0, 0.05) is 0 Å². The molecule has 0 N–H and O–H groups in total. The molecule has 0 fully saturated rings. The van der Waals surface area contributed by atoms with Crippen molar-refractivity contribution in [2.75, 3.05) is 0 Å². The molecule has 0 amide bonds. The monoisotopic (exact) mass is 183 g/mol. The van der Waals surface area contributed by atoms with Gasteiger partial charge in [-0.1, -0.05) is 0 Å². The van der Waals surface area contributed by atoms with Gasteiger partial charge in [0.1, 0.15) is 11.5 Å². The molecule has 0 spiro atoms. The van der Waals surface area contributed by atoms with E-state index in [0.29, 0.717) is 11.3 Å². The van der Waals surface area contributed by atoms with Crippen LogP contribution in [0.25, 0.3) is 5.52 Å². The van der Waals surface area contributed by atoms with Gasteiger partial charge in [-0.25, -0.2) is 18.3 Å². The van der Waals surface area contributed by atoms with Gasteiger partial charge in [0.25, 0.3) is 6.43 Å². The molecule has 0 unspecified atom stereocenters. The van der Waals surface area contributed by atoms with Crippen molar-refractivity contribution in [3.8, 4) is 0 Å². The maximum Gasteiger partial charge on any atom is 0.280 e. The Balaban J connectivity index is 2.71. The largest absolute Gasteiger partial charge is 0.280 e. The van der Waals surface area contributed by atoms with Crippen molar-refractivity contribution in [2.24, 2.45) is 0 Å². The van der Waals surface area contributed by atoms with E-state index in [1.807, 2.05) is 0 Å². The summed E-state index contributed by atoms with van der Waals surface area (Å²) in [5.74, 6) is 0.477. The zero-order chi connectivity index (χ0) is 9.42. The summed E-state index contributed by atoms with van der Waals surface area (Å²) in [5.41, 5.74) is 0.487. The average Bonchev–Trinajstić information content (AvgIpc) is 2.46. The summed E-state index contributed by atoms with van der Waals surface area (Å²) in [6, 6.07) is 2.93. The maximum absolute atomic E-state index is 12.4. The van der Waals surface area contributed by atoms with Gasteiger partial charge in [-0.15, -0.1) is 0 Å². The Morgan fingerprint density at radius 1 is 1.38 bits per heavy atom. The number of aromatic nitrogens is 3. The number of halogens is 2. The molecule has 0 aromatic carbocycles. The number of nitrogens with zero attached hydrogens (tertiary/aromatic N) is 3.